The minimum absolute atomic E-state index is 0.0451. The van der Waals surface area contributed by atoms with Crippen LogP contribution in [-0.4, -0.2) is 39.4 Å². The number of carbonyl (C=O) groups excluding carboxylic acids is 2. The van der Waals surface area contributed by atoms with Gasteiger partial charge in [0.2, 0.25) is 0 Å². The van der Waals surface area contributed by atoms with Crippen molar-refractivity contribution in [2.45, 2.75) is 46.1 Å². The van der Waals surface area contributed by atoms with Crippen molar-refractivity contribution in [3.8, 4) is 0 Å². The van der Waals surface area contributed by atoms with Crippen molar-refractivity contribution in [1.82, 2.24) is 14.9 Å². The smallest absolute Gasteiger partial charge is 0.342 e. The lowest BCUT2D eigenvalue weighted by molar-refractivity contribution is -0.140. The van der Waals surface area contributed by atoms with Crippen LogP contribution >= 0.6 is 0 Å². The molecule has 0 saturated heterocycles. The number of esters is 1. The first-order valence-corrected chi connectivity index (χ1v) is 10.6. The van der Waals surface area contributed by atoms with Crippen molar-refractivity contribution in [2.24, 2.45) is 0 Å². The third kappa shape index (κ3) is 3.79. The third-order valence-corrected chi connectivity index (χ3v) is 5.55. The van der Waals surface area contributed by atoms with E-state index in [-0.39, 0.29) is 23.8 Å². The maximum atomic E-state index is 14.6. The Morgan fingerprint density at radius 2 is 2.00 bits per heavy atom. The molecular weight excluding hydrogens is 409 g/mol. The number of nitrogens with zero attached hydrogens (tertiary/aromatic N) is 2. The van der Waals surface area contributed by atoms with E-state index < -0.39 is 23.1 Å². The van der Waals surface area contributed by atoms with E-state index in [1.165, 1.54) is 23.2 Å². The molecule has 0 radical (unpaired) electrons. The van der Waals surface area contributed by atoms with Crippen LogP contribution in [0.4, 0.5) is 4.39 Å². The molecule has 0 unspecified atom stereocenters. The molecule has 32 heavy (non-hydrogen) atoms. The number of aromatic amines is 1. The summed E-state index contributed by atoms with van der Waals surface area (Å²) < 4.78 is 20.1. The fraction of sp³-hybridized carbons (Fsp3) is 0.320. The highest BCUT2D eigenvalue weighted by Crippen LogP contribution is 2.40. The van der Waals surface area contributed by atoms with Gasteiger partial charge in [-0.05, 0) is 56.2 Å². The largest absolute Gasteiger partial charge is 0.459 e. The maximum Gasteiger partial charge on any atom is 0.342 e. The SMILES string of the molecule is Cc1ccc(C(=O)N2C=C(C(=O)OC(C)C)c3[nH]c4ncccc4c3C(C)(C)C2)c(F)c1. The standard InChI is InChI=1S/C25H26FN3O3/c1-14(2)32-24(31)18-12-29(23(30)16-9-8-15(3)11-19(16)26)13-25(4,5)20-17-7-6-10-27-22(17)28-21(18)20/h6-12,14H,13H2,1-5H3,(H,27,28). The Bertz CT molecular complexity index is 1260. The van der Waals surface area contributed by atoms with Crippen LogP contribution in [0.5, 0.6) is 0 Å². The van der Waals surface area contributed by atoms with Crippen LogP contribution in [0.3, 0.4) is 0 Å². The molecule has 1 amide bonds. The molecule has 3 heterocycles. The Hall–Kier alpha value is -3.48. The second-order valence-corrected chi connectivity index (χ2v) is 9.07. The molecule has 3 aromatic rings. The van der Waals surface area contributed by atoms with Gasteiger partial charge >= 0.3 is 5.97 Å². The summed E-state index contributed by atoms with van der Waals surface area (Å²) in [5.41, 5.74) is 2.40. The average Bonchev–Trinajstić information content (AvgIpc) is 3.04. The number of H-pyrrole nitrogens is 1. The summed E-state index contributed by atoms with van der Waals surface area (Å²) in [4.78, 5) is 35.5. The van der Waals surface area contributed by atoms with Crippen molar-refractivity contribution < 1.29 is 18.7 Å². The average molecular weight is 435 g/mol. The summed E-state index contributed by atoms with van der Waals surface area (Å²) in [6.45, 7) is 9.50. The number of benzene rings is 1. The molecule has 7 heteroatoms. The van der Waals surface area contributed by atoms with E-state index >= 15 is 0 Å². The lowest BCUT2D eigenvalue weighted by atomic mass is 9.82. The second-order valence-electron chi connectivity index (χ2n) is 9.07. The highest BCUT2D eigenvalue weighted by molar-refractivity contribution is 6.18. The first-order valence-electron chi connectivity index (χ1n) is 10.6. The first-order chi connectivity index (χ1) is 15.1. The van der Waals surface area contributed by atoms with E-state index in [0.29, 0.717) is 11.3 Å². The zero-order valence-corrected chi connectivity index (χ0v) is 18.8. The van der Waals surface area contributed by atoms with Gasteiger partial charge in [-0.25, -0.2) is 14.2 Å². The predicted octanol–water partition coefficient (Wildman–Crippen LogP) is 4.74. The Labute approximate surface area is 186 Å². The molecule has 6 nitrogen and oxygen atoms in total. The fourth-order valence-corrected chi connectivity index (χ4v) is 4.21. The number of rotatable bonds is 3. The van der Waals surface area contributed by atoms with E-state index in [9.17, 15) is 14.0 Å². The zero-order chi connectivity index (χ0) is 23.2. The molecule has 1 aromatic carbocycles. The highest BCUT2D eigenvalue weighted by atomic mass is 19.1. The van der Waals surface area contributed by atoms with Crippen LogP contribution in [-0.2, 0) is 14.9 Å². The topological polar surface area (TPSA) is 75.3 Å². The van der Waals surface area contributed by atoms with Crippen LogP contribution < -0.4 is 0 Å². The molecular formula is C25H26FN3O3. The van der Waals surface area contributed by atoms with Crippen molar-refractivity contribution in [2.75, 3.05) is 6.54 Å². The Kier molecular flexibility index (Phi) is 5.36. The molecule has 1 aliphatic heterocycles. The molecule has 166 valence electrons. The van der Waals surface area contributed by atoms with Crippen molar-refractivity contribution in [3.05, 3.63) is 70.9 Å². The van der Waals surface area contributed by atoms with E-state index in [1.54, 1.807) is 33.0 Å². The van der Waals surface area contributed by atoms with E-state index in [2.05, 4.69) is 9.97 Å². The first kappa shape index (κ1) is 21.7. The van der Waals surface area contributed by atoms with E-state index in [4.69, 9.17) is 4.74 Å². The fourth-order valence-electron chi connectivity index (χ4n) is 4.21. The van der Waals surface area contributed by atoms with Gasteiger partial charge in [-0.2, -0.15) is 0 Å². The van der Waals surface area contributed by atoms with Crippen molar-refractivity contribution in [1.29, 1.82) is 0 Å². The van der Waals surface area contributed by atoms with Gasteiger partial charge in [0.05, 0.1) is 22.9 Å². The molecule has 2 aromatic heterocycles. The molecule has 0 atom stereocenters. The summed E-state index contributed by atoms with van der Waals surface area (Å²) in [6, 6.07) is 8.26. The number of hydrogen-bond donors (Lipinski definition) is 1. The van der Waals surface area contributed by atoms with Crippen LogP contribution in [0.1, 0.15) is 54.9 Å². The van der Waals surface area contributed by atoms with Crippen molar-refractivity contribution >= 4 is 28.5 Å². The second kappa shape index (κ2) is 7.89. The summed E-state index contributed by atoms with van der Waals surface area (Å²) in [5.74, 6) is -1.67. The van der Waals surface area contributed by atoms with Gasteiger partial charge in [0.25, 0.3) is 5.91 Å². The molecule has 0 aliphatic carbocycles. The summed E-state index contributed by atoms with van der Waals surface area (Å²) in [6.07, 6.45) is 2.80. The number of fused-ring (bicyclic) bond motifs is 3. The summed E-state index contributed by atoms with van der Waals surface area (Å²) >= 11 is 0. The van der Waals surface area contributed by atoms with Crippen molar-refractivity contribution in [3.63, 3.8) is 0 Å². The minimum Gasteiger partial charge on any atom is -0.459 e. The highest BCUT2D eigenvalue weighted by Gasteiger charge is 2.38. The molecule has 1 aliphatic rings. The molecule has 0 bridgehead atoms. The lowest BCUT2D eigenvalue weighted by Crippen LogP contribution is -2.37. The Balaban J connectivity index is 1.90. The minimum atomic E-state index is -0.593. The van der Waals surface area contributed by atoms with Gasteiger partial charge in [-0.3, -0.25) is 4.79 Å². The van der Waals surface area contributed by atoms with E-state index in [0.717, 1.165) is 16.5 Å². The molecule has 4 rings (SSSR count). The van der Waals surface area contributed by atoms with Gasteiger partial charge in [-0.1, -0.05) is 19.9 Å². The summed E-state index contributed by atoms with van der Waals surface area (Å²) in [5, 5.41) is 0.867. The number of halogens is 1. The number of amides is 1. The molecule has 0 fully saturated rings. The number of nitrogens with one attached hydrogen (secondary N) is 1. The van der Waals surface area contributed by atoms with Gasteiger partial charge in [0.1, 0.15) is 11.5 Å². The third-order valence-electron chi connectivity index (χ3n) is 5.55. The number of aryl methyl sites for hydroxylation is 1. The number of pyridine rings is 1. The van der Waals surface area contributed by atoms with Gasteiger partial charge in [0.15, 0.2) is 0 Å². The van der Waals surface area contributed by atoms with Gasteiger partial charge < -0.3 is 14.6 Å². The summed E-state index contributed by atoms with van der Waals surface area (Å²) in [7, 11) is 0. The van der Waals surface area contributed by atoms with Crippen LogP contribution in [0, 0.1) is 12.7 Å². The number of aromatic nitrogens is 2. The predicted molar refractivity (Wildman–Crippen MR) is 120 cm³/mol. The number of ether oxygens (including phenoxy) is 1. The normalized spacial score (nSPS) is 15.3. The quantitative estimate of drug-likeness (QED) is 0.603. The molecule has 0 saturated carbocycles. The Morgan fingerprint density at radius 1 is 1.25 bits per heavy atom. The molecule has 1 N–H and O–H groups in total. The monoisotopic (exact) mass is 435 g/mol. The Morgan fingerprint density at radius 3 is 2.69 bits per heavy atom. The molecule has 0 spiro atoms. The van der Waals surface area contributed by atoms with Crippen LogP contribution in [0.2, 0.25) is 0 Å². The lowest BCUT2D eigenvalue weighted by Gasteiger charge is -2.29. The van der Waals surface area contributed by atoms with E-state index in [1.807, 2.05) is 26.0 Å². The number of hydrogen-bond acceptors (Lipinski definition) is 4. The van der Waals surface area contributed by atoms with Gasteiger partial charge in [0, 0.05) is 29.7 Å². The number of carbonyl (C=O) groups is 2. The van der Waals surface area contributed by atoms with Gasteiger partial charge in [-0.15, -0.1) is 0 Å². The van der Waals surface area contributed by atoms with Crippen LogP contribution in [0.15, 0.2) is 42.7 Å². The maximum absolute atomic E-state index is 14.6. The van der Waals surface area contributed by atoms with Crippen LogP contribution in [0.25, 0.3) is 16.6 Å². The zero-order valence-electron chi connectivity index (χ0n) is 18.8.